The molecule has 90 valence electrons. The summed E-state index contributed by atoms with van der Waals surface area (Å²) in [4.78, 5) is 0. The number of aliphatic hydroxyl groups excluding tert-OH is 2. The van der Waals surface area contributed by atoms with Crippen LogP contribution in [-0.2, 0) is 11.3 Å². The van der Waals surface area contributed by atoms with Gasteiger partial charge in [0.25, 0.3) is 0 Å². The van der Waals surface area contributed by atoms with Gasteiger partial charge in [-0.3, -0.25) is 0 Å². The van der Waals surface area contributed by atoms with Crippen molar-refractivity contribution in [3.63, 3.8) is 0 Å². The summed E-state index contributed by atoms with van der Waals surface area (Å²) in [7, 11) is 1.64. The topological polar surface area (TPSA) is 49.7 Å². The number of benzene rings is 1. The largest absolute Gasteiger partial charge is 0.390 e. The van der Waals surface area contributed by atoms with Crippen LogP contribution in [-0.4, -0.2) is 28.8 Å². The van der Waals surface area contributed by atoms with Crippen LogP contribution in [0, 0.1) is 0 Å². The smallest absolute Gasteiger partial charge is 0.105 e. The van der Waals surface area contributed by atoms with Gasteiger partial charge in [-0.1, -0.05) is 40.2 Å². The van der Waals surface area contributed by atoms with E-state index in [1.54, 1.807) is 7.11 Å². The molecule has 0 spiro atoms. The Morgan fingerprint density at radius 1 is 1.25 bits per heavy atom. The van der Waals surface area contributed by atoms with Crippen LogP contribution in [0.5, 0.6) is 0 Å². The summed E-state index contributed by atoms with van der Waals surface area (Å²) in [5, 5.41) is 20.2. The summed E-state index contributed by atoms with van der Waals surface area (Å²) in [6.07, 6.45) is -1.03. The minimum absolute atomic E-state index is 0.529. The lowest BCUT2D eigenvalue weighted by molar-refractivity contribution is 0.0173. The van der Waals surface area contributed by atoms with E-state index in [2.05, 4.69) is 15.9 Å². The molecule has 0 aliphatic carbocycles. The Morgan fingerprint density at radius 3 is 2.38 bits per heavy atom. The van der Waals surface area contributed by atoms with E-state index in [9.17, 15) is 10.2 Å². The minimum atomic E-state index is -0.825. The van der Waals surface area contributed by atoms with Crippen molar-refractivity contribution in [1.82, 2.24) is 0 Å². The summed E-state index contributed by atoms with van der Waals surface area (Å²) < 4.78 is 5.00. The first-order valence-electron chi connectivity index (χ1n) is 5.19. The fourth-order valence-electron chi connectivity index (χ4n) is 1.47. The fraction of sp³-hybridized carbons (Fsp3) is 0.500. The Morgan fingerprint density at radius 2 is 1.88 bits per heavy atom. The predicted octanol–water partition coefficient (Wildman–Crippen LogP) is 2.01. The molecule has 0 aromatic heterocycles. The van der Waals surface area contributed by atoms with Crippen LogP contribution in [0.2, 0.25) is 0 Å². The van der Waals surface area contributed by atoms with Crippen molar-refractivity contribution in [1.29, 1.82) is 0 Å². The average Bonchev–Trinajstić information content (AvgIpc) is 2.30. The van der Waals surface area contributed by atoms with Crippen molar-refractivity contribution < 1.29 is 14.9 Å². The van der Waals surface area contributed by atoms with Crippen molar-refractivity contribution in [2.75, 3.05) is 12.4 Å². The Kier molecular flexibility index (Phi) is 5.98. The molecule has 0 saturated carbocycles. The van der Waals surface area contributed by atoms with Crippen LogP contribution >= 0.6 is 15.9 Å². The molecule has 0 heterocycles. The summed E-state index contributed by atoms with van der Waals surface area (Å²) in [6.45, 7) is 0.556. The molecular weight excluding hydrogens is 272 g/mol. The predicted molar refractivity (Wildman–Crippen MR) is 66.5 cm³/mol. The van der Waals surface area contributed by atoms with Gasteiger partial charge in [-0.05, 0) is 17.5 Å². The molecule has 0 bridgehead atoms. The Bertz CT molecular complexity index is 300. The quantitative estimate of drug-likeness (QED) is 0.788. The number of rotatable bonds is 6. The first-order chi connectivity index (χ1) is 7.69. The maximum Gasteiger partial charge on any atom is 0.105 e. The second-order valence-electron chi connectivity index (χ2n) is 3.66. The van der Waals surface area contributed by atoms with Gasteiger partial charge in [-0.15, -0.1) is 0 Å². The maximum absolute atomic E-state index is 9.84. The van der Waals surface area contributed by atoms with E-state index >= 15 is 0 Å². The highest BCUT2D eigenvalue weighted by atomic mass is 79.9. The van der Waals surface area contributed by atoms with Gasteiger partial charge < -0.3 is 14.9 Å². The maximum atomic E-state index is 9.84. The number of hydrogen-bond acceptors (Lipinski definition) is 3. The minimum Gasteiger partial charge on any atom is -0.390 e. The summed E-state index contributed by atoms with van der Waals surface area (Å²) in [6, 6.07) is 7.42. The molecule has 0 fully saturated rings. The molecule has 3 nitrogen and oxygen atoms in total. The van der Waals surface area contributed by atoms with Crippen molar-refractivity contribution in [2.45, 2.75) is 25.2 Å². The number of aliphatic hydroxyl groups is 2. The fourth-order valence-corrected chi connectivity index (χ4v) is 1.94. The summed E-state index contributed by atoms with van der Waals surface area (Å²) in [5.74, 6) is 0. The SMILES string of the molecule is COCc1ccc(C(O)C(O)CCBr)cc1. The molecule has 0 saturated heterocycles. The van der Waals surface area contributed by atoms with Gasteiger partial charge in [0.05, 0.1) is 12.7 Å². The zero-order valence-electron chi connectivity index (χ0n) is 9.27. The van der Waals surface area contributed by atoms with Gasteiger partial charge >= 0.3 is 0 Å². The molecule has 16 heavy (non-hydrogen) atoms. The monoisotopic (exact) mass is 288 g/mol. The van der Waals surface area contributed by atoms with Crippen LogP contribution in [0.1, 0.15) is 23.7 Å². The molecule has 2 unspecified atom stereocenters. The van der Waals surface area contributed by atoms with E-state index in [-0.39, 0.29) is 0 Å². The van der Waals surface area contributed by atoms with Crippen LogP contribution in [0.15, 0.2) is 24.3 Å². The molecule has 0 aliphatic rings. The lowest BCUT2D eigenvalue weighted by Crippen LogP contribution is -2.18. The number of methoxy groups -OCH3 is 1. The van der Waals surface area contributed by atoms with Crippen molar-refractivity contribution in [3.8, 4) is 0 Å². The Labute approximate surface area is 104 Å². The molecule has 4 heteroatoms. The molecule has 2 atom stereocenters. The van der Waals surface area contributed by atoms with Gasteiger partial charge in [-0.2, -0.15) is 0 Å². The third kappa shape index (κ3) is 3.87. The highest BCUT2D eigenvalue weighted by Crippen LogP contribution is 2.20. The third-order valence-electron chi connectivity index (χ3n) is 2.40. The zero-order valence-corrected chi connectivity index (χ0v) is 10.9. The van der Waals surface area contributed by atoms with Gasteiger partial charge in [-0.25, -0.2) is 0 Å². The van der Waals surface area contributed by atoms with Crippen LogP contribution < -0.4 is 0 Å². The summed E-state index contributed by atoms with van der Waals surface area (Å²) >= 11 is 3.24. The van der Waals surface area contributed by atoms with E-state index in [0.717, 1.165) is 11.1 Å². The van der Waals surface area contributed by atoms with Crippen LogP contribution in [0.4, 0.5) is 0 Å². The molecule has 0 amide bonds. The van der Waals surface area contributed by atoms with Crippen molar-refractivity contribution in [2.24, 2.45) is 0 Å². The highest BCUT2D eigenvalue weighted by molar-refractivity contribution is 9.09. The molecule has 1 aromatic rings. The van der Waals surface area contributed by atoms with Crippen molar-refractivity contribution in [3.05, 3.63) is 35.4 Å². The zero-order chi connectivity index (χ0) is 12.0. The van der Waals surface area contributed by atoms with E-state index in [4.69, 9.17) is 4.74 Å². The molecule has 2 N–H and O–H groups in total. The first-order valence-corrected chi connectivity index (χ1v) is 6.31. The highest BCUT2D eigenvalue weighted by Gasteiger charge is 2.17. The number of halogens is 1. The van der Waals surface area contributed by atoms with Gasteiger partial charge in [0.15, 0.2) is 0 Å². The second-order valence-corrected chi connectivity index (χ2v) is 4.46. The number of hydrogen-bond donors (Lipinski definition) is 2. The van der Waals surface area contributed by atoms with Gasteiger partial charge in [0.1, 0.15) is 6.10 Å². The lowest BCUT2D eigenvalue weighted by Gasteiger charge is -2.17. The molecule has 0 aliphatic heterocycles. The van der Waals surface area contributed by atoms with Crippen molar-refractivity contribution >= 4 is 15.9 Å². The number of alkyl halides is 1. The van der Waals surface area contributed by atoms with E-state index < -0.39 is 12.2 Å². The second kappa shape index (κ2) is 7.01. The third-order valence-corrected chi connectivity index (χ3v) is 2.86. The van der Waals surface area contributed by atoms with E-state index in [1.165, 1.54) is 0 Å². The summed E-state index contributed by atoms with van der Waals surface area (Å²) in [5.41, 5.74) is 1.78. The van der Waals surface area contributed by atoms with Crippen LogP contribution in [0.3, 0.4) is 0 Å². The Hall–Kier alpha value is -0.420. The molecule has 1 rings (SSSR count). The molecular formula is C12H17BrO3. The van der Waals surface area contributed by atoms with E-state index in [1.807, 2.05) is 24.3 Å². The molecule has 0 radical (unpaired) electrons. The van der Waals surface area contributed by atoms with Gasteiger partial charge in [0.2, 0.25) is 0 Å². The lowest BCUT2D eigenvalue weighted by atomic mass is 10.0. The van der Waals surface area contributed by atoms with Crippen LogP contribution in [0.25, 0.3) is 0 Å². The normalized spacial score (nSPS) is 14.8. The standard InChI is InChI=1S/C12H17BrO3/c1-16-8-9-2-4-10(5-3-9)12(15)11(14)6-7-13/h2-5,11-12,14-15H,6-8H2,1H3. The Balaban J connectivity index is 2.65. The number of ether oxygens (including phenoxy) is 1. The average molecular weight is 289 g/mol. The van der Waals surface area contributed by atoms with E-state index in [0.29, 0.717) is 18.4 Å². The first kappa shape index (κ1) is 13.6. The molecule has 1 aromatic carbocycles. The van der Waals surface area contributed by atoms with Gasteiger partial charge in [0, 0.05) is 12.4 Å².